The van der Waals surface area contributed by atoms with Gasteiger partial charge in [-0.25, -0.2) is 0 Å². The minimum absolute atomic E-state index is 0.108. The minimum Gasteiger partial charge on any atom is -0.397 e. The summed E-state index contributed by atoms with van der Waals surface area (Å²) in [6.45, 7) is 3.16. The summed E-state index contributed by atoms with van der Waals surface area (Å²) in [5.74, 6) is -1.23. The molecule has 2 aromatic carbocycles. The number of nitrogens with zero attached hydrogens (tertiary/aromatic N) is 1. The van der Waals surface area contributed by atoms with E-state index in [0.717, 1.165) is 4.47 Å². The molecule has 3 N–H and O–H groups in total. The molecule has 0 fully saturated rings. The largest absolute Gasteiger partial charge is 0.397 e. The monoisotopic (exact) mass is 511 g/mol. The molecule has 0 spiro atoms. The molecule has 2 heterocycles. The number of para-hydroxylation sites is 1. The Kier molecular flexibility index (Phi) is 5.70. The maximum absolute atomic E-state index is 13.2. The normalized spacial score (nSPS) is 15.2. The Hall–Kier alpha value is -3.30. The lowest BCUT2D eigenvalue weighted by Gasteiger charge is -2.28. The van der Waals surface area contributed by atoms with Crippen molar-refractivity contribution in [2.45, 2.75) is 19.8 Å². The fourth-order valence-corrected chi connectivity index (χ4v) is 5.45. The number of nitrogens with one attached hydrogen (secondary N) is 1. The summed E-state index contributed by atoms with van der Waals surface area (Å²) in [5.41, 5.74) is 8.92. The van der Waals surface area contributed by atoms with E-state index in [-0.39, 0.29) is 22.9 Å². The van der Waals surface area contributed by atoms with Gasteiger partial charge < -0.3 is 11.1 Å². The maximum atomic E-state index is 13.2. The lowest BCUT2D eigenvalue weighted by atomic mass is 9.79. The summed E-state index contributed by atoms with van der Waals surface area (Å²) in [6.07, 6.45) is 0. The van der Waals surface area contributed by atoms with Gasteiger partial charge in [0.2, 0.25) is 5.78 Å². The second kappa shape index (κ2) is 8.33. The van der Waals surface area contributed by atoms with Crippen LogP contribution in [-0.2, 0) is 4.79 Å². The Morgan fingerprint density at radius 2 is 1.81 bits per heavy atom. The SMILES string of the molecule is CC(=O)C1=C(C)Nc2sc(C(=O)c3ccc(Br)cc3)c(N)c2[C@@H]1c1ccccc1[N+](=O)[O-]. The van der Waals surface area contributed by atoms with Crippen LogP contribution < -0.4 is 11.1 Å². The summed E-state index contributed by atoms with van der Waals surface area (Å²) < 4.78 is 0.844. The average Bonchev–Trinajstić information content (AvgIpc) is 3.08. The van der Waals surface area contributed by atoms with Gasteiger partial charge in [-0.05, 0) is 38.1 Å². The zero-order valence-electron chi connectivity index (χ0n) is 17.1. The number of hydrogen-bond acceptors (Lipinski definition) is 7. The van der Waals surface area contributed by atoms with Gasteiger partial charge in [0.05, 0.1) is 21.5 Å². The highest BCUT2D eigenvalue weighted by atomic mass is 79.9. The standard InChI is InChI=1S/C23H18BrN3O4S/c1-11-17(12(2)28)18(15-5-3-4-6-16(15)27(30)31)19-20(25)22(32-23(19)26-11)21(29)13-7-9-14(24)10-8-13/h3-10,18,26H,25H2,1-2H3/t18-/m1/s1. The fourth-order valence-electron chi connectivity index (χ4n) is 4.01. The lowest BCUT2D eigenvalue weighted by molar-refractivity contribution is -0.385. The van der Waals surface area contributed by atoms with E-state index < -0.39 is 10.8 Å². The van der Waals surface area contributed by atoms with Crippen LogP contribution in [0.3, 0.4) is 0 Å². The molecular weight excluding hydrogens is 494 g/mol. The van der Waals surface area contributed by atoms with Crippen LogP contribution in [0.25, 0.3) is 0 Å². The van der Waals surface area contributed by atoms with Crippen molar-refractivity contribution in [2.75, 3.05) is 11.1 Å². The molecule has 162 valence electrons. The van der Waals surface area contributed by atoms with Gasteiger partial charge in [0.15, 0.2) is 5.78 Å². The highest BCUT2D eigenvalue weighted by Crippen LogP contribution is 2.51. The van der Waals surface area contributed by atoms with Crippen LogP contribution in [0.4, 0.5) is 16.4 Å². The van der Waals surface area contributed by atoms with Crippen molar-refractivity contribution in [1.82, 2.24) is 0 Å². The lowest BCUT2D eigenvalue weighted by Crippen LogP contribution is -2.22. The van der Waals surface area contributed by atoms with E-state index >= 15 is 0 Å². The van der Waals surface area contributed by atoms with Gasteiger partial charge in [-0.3, -0.25) is 19.7 Å². The summed E-state index contributed by atoms with van der Waals surface area (Å²) in [6, 6.07) is 13.2. The number of nitrogen functional groups attached to an aromatic ring is 1. The first-order valence-corrected chi connectivity index (χ1v) is 11.3. The second-order valence-corrected chi connectivity index (χ2v) is 9.33. The molecule has 9 heteroatoms. The van der Waals surface area contributed by atoms with Crippen LogP contribution in [0.5, 0.6) is 0 Å². The minimum atomic E-state index is -0.756. The number of anilines is 2. The number of benzene rings is 2. The number of thiophene rings is 1. The highest BCUT2D eigenvalue weighted by Gasteiger charge is 2.38. The molecule has 4 rings (SSSR count). The Morgan fingerprint density at radius 1 is 1.16 bits per heavy atom. The number of nitro benzene ring substituents is 1. The van der Waals surface area contributed by atoms with E-state index in [4.69, 9.17) is 5.73 Å². The number of ketones is 2. The van der Waals surface area contributed by atoms with Gasteiger partial charge in [0.25, 0.3) is 5.69 Å². The smallest absolute Gasteiger partial charge is 0.273 e. The van der Waals surface area contributed by atoms with E-state index in [9.17, 15) is 19.7 Å². The number of allylic oxidation sites excluding steroid dienone is 2. The number of hydrogen-bond donors (Lipinski definition) is 2. The molecule has 1 aromatic heterocycles. The molecular formula is C23H18BrN3O4S. The zero-order chi connectivity index (χ0) is 23.2. The van der Waals surface area contributed by atoms with Crippen LogP contribution in [-0.4, -0.2) is 16.5 Å². The quantitative estimate of drug-likeness (QED) is 0.259. The molecule has 3 aromatic rings. The Balaban J connectivity index is 1.94. The third kappa shape index (κ3) is 3.63. The van der Waals surface area contributed by atoms with Gasteiger partial charge >= 0.3 is 0 Å². The predicted octanol–water partition coefficient (Wildman–Crippen LogP) is 5.65. The van der Waals surface area contributed by atoms with Gasteiger partial charge in [0, 0.05) is 38.5 Å². The van der Waals surface area contributed by atoms with Gasteiger partial charge in [-0.1, -0.05) is 34.1 Å². The van der Waals surface area contributed by atoms with Crippen molar-refractivity contribution in [1.29, 1.82) is 0 Å². The molecule has 0 bridgehead atoms. The summed E-state index contributed by atoms with van der Waals surface area (Å²) in [5, 5.41) is 15.5. The van der Waals surface area contributed by atoms with Gasteiger partial charge in [-0.15, -0.1) is 11.3 Å². The molecule has 1 aliphatic rings. The second-order valence-electron chi connectivity index (χ2n) is 7.39. The molecule has 32 heavy (non-hydrogen) atoms. The van der Waals surface area contributed by atoms with E-state index in [1.165, 1.54) is 24.3 Å². The topological polar surface area (TPSA) is 115 Å². The number of carbonyl (C=O) groups is 2. The third-order valence-corrected chi connectivity index (χ3v) is 7.07. The summed E-state index contributed by atoms with van der Waals surface area (Å²) in [7, 11) is 0. The van der Waals surface area contributed by atoms with Crippen LogP contribution in [0.15, 0.2) is 64.3 Å². The molecule has 0 aliphatic carbocycles. The Bertz CT molecular complexity index is 1310. The molecule has 7 nitrogen and oxygen atoms in total. The predicted molar refractivity (Wildman–Crippen MR) is 128 cm³/mol. The molecule has 1 atom stereocenters. The van der Waals surface area contributed by atoms with Crippen molar-refractivity contribution >= 4 is 55.2 Å². The van der Waals surface area contributed by atoms with Crippen molar-refractivity contribution < 1.29 is 14.5 Å². The van der Waals surface area contributed by atoms with Crippen LogP contribution >= 0.6 is 27.3 Å². The summed E-state index contributed by atoms with van der Waals surface area (Å²) >= 11 is 4.54. The Labute approximate surface area is 196 Å². The van der Waals surface area contributed by atoms with Crippen molar-refractivity contribution in [3.05, 3.63) is 96.0 Å². The first-order chi connectivity index (χ1) is 15.2. The summed E-state index contributed by atoms with van der Waals surface area (Å²) in [4.78, 5) is 37.4. The van der Waals surface area contributed by atoms with E-state index in [1.54, 1.807) is 49.4 Å². The number of halogens is 1. The number of nitrogens with two attached hydrogens (primary N) is 1. The Morgan fingerprint density at radius 3 is 2.44 bits per heavy atom. The number of nitro groups is 1. The van der Waals surface area contributed by atoms with E-state index in [1.807, 2.05) is 0 Å². The van der Waals surface area contributed by atoms with Gasteiger partial charge in [0.1, 0.15) is 4.88 Å². The van der Waals surface area contributed by atoms with Gasteiger partial charge in [-0.2, -0.15) is 0 Å². The zero-order valence-corrected chi connectivity index (χ0v) is 19.5. The molecule has 0 unspecified atom stereocenters. The number of carbonyl (C=O) groups excluding carboxylic acids is 2. The van der Waals surface area contributed by atoms with Crippen molar-refractivity contribution in [3.8, 4) is 0 Å². The van der Waals surface area contributed by atoms with Crippen LogP contribution in [0.1, 0.15) is 46.1 Å². The van der Waals surface area contributed by atoms with Crippen molar-refractivity contribution in [3.63, 3.8) is 0 Å². The molecule has 0 saturated carbocycles. The van der Waals surface area contributed by atoms with Crippen molar-refractivity contribution in [2.24, 2.45) is 0 Å². The number of rotatable bonds is 5. The molecule has 1 aliphatic heterocycles. The average molecular weight is 512 g/mol. The molecule has 0 saturated heterocycles. The van der Waals surface area contributed by atoms with E-state index in [0.29, 0.717) is 37.8 Å². The first kappa shape index (κ1) is 21.9. The fraction of sp³-hybridized carbons (Fsp3) is 0.130. The van der Waals surface area contributed by atoms with Crippen LogP contribution in [0, 0.1) is 10.1 Å². The first-order valence-electron chi connectivity index (χ1n) is 9.65. The highest BCUT2D eigenvalue weighted by molar-refractivity contribution is 9.10. The van der Waals surface area contributed by atoms with E-state index in [2.05, 4.69) is 21.2 Å². The number of Topliss-reactive ketones (excluding diaryl/α,β-unsaturated/α-hetero) is 1. The third-order valence-electron chi connectivity index (χ3n) is 5.40. The molecule has 0 amide bonds. The number of fused-ring (bicyclic) bond motifs is 1. The molecule has 0 radical (unpaired) electrons. The van der Waals surface area contributed by atoms with Crippen LogP contribution in [0.2, 0.25) is 0 Å². The maximum Gasteiger partial charge on any atom is 0.273 e.